The van der Waals surface area contributed by atoms with Crippen molar-refractivity contribution in [2.24, 2.45) is 0 Å². The lowest BCUT2D eigenvalue weighted by Gasteiger charge is -2.08. The number of para-hydroxylation sites is 3. The van der Waals surface area contributed by atoms with Crippen LogP contribution in [-0.2, 0) is 6.54 Å². The largest absolute Gasteiger partial charge is 0.439 e. The Morgan fingerprint density at radius 1 is 1.00 bits per heavy atom. The van der Waals surface area contributed by atoms with Gasteiger partial charge in [0.2, 0.25) is 5.88 Å². The predicted molar refractivity (Wildman–Crippen MR) is 91.2 cm³/mol. The predicted octanol–water partition coefficient (Wildman–Crippen LogP) is 4.39. The van der Waals surface area contributed by atoms with Gasteiger partial charge in [0.15, 0.2) is 0 Å². The minimum atomic E-state index is -0.405. The van der Waals surface area contributed by atoms with Crippen LogP contribution < -0.4 is 10.1 Å². The topological polar surface area (TPSA) is 77.3 Å². The van der Waals surface area contributed by atoms with Crippen molar-refractivity contribution in [3.63, 3.8) is 0 Å². The Morgan fingerprint density at radius 3 is 2.46 bits per heavy atom. The van der Waals surface area contributed by atoms with E-state index < -0.39 is 4.92 Å². The first-order valence-electron chi connectivity index (χ1n) is 7.37. The fraction of sp³-hybridized carbons (Fsp3) is 0.0556. The standard InChI is InChI=1S/C18H15N3O3/c22-21(23)17-9-5-4-8-16(17)19-12-14-10-11-18(20-13-14)24-15-6-2-1-3-7-15/h1-11,13,19H,12H2. The summed E-state index contributed by atoms with van der Waals surface area (Å²) in [7, 11) is 0. The van der Waals surface area contributed by atoms with Crippen LogP contribution in [0.2, 0.25) is 0 Å². The maximum Gasteiger partial charge on any atom is 0.292 e. The summed E-state index contributed by atoms with van der Waals surface area (Å²) < 4.78 is 5.63. The summed E-state index contributed by atoms with van der Waals surface area (Å²) in [4.78, 5) is 14.8. The first-order valence-corrected chi connectivity index (χ1v) is 7.37. The molecule has 1 N–H and O–H groups in total. The summed E-state index contributed by atoms with van der Waals surface area (Å²) in [5.74, 6) is 1.21. The Hall–Kier alpha value is -3.41. The van der Waals surface area contributed by atoms with Crippen molar-refractivity contribution in [3.8, 4) is 11.6 Å². The van der Waals surface area contributed by atoms with Crippen molar-refractivity contribution in [1.29, 1.82) is 0 Å². The molecule has 0 saturated heterocycles. The van der Waals surface area contributed by atoms with Gasteiger partial charge in [0.1, 0.15) is 11.4 Å². The molecular formula is C18H15N3O3. The van der Waals surface area contributed by atoms with Crippen LogP contribution >= 0.6 is 0 Å². The molecular weight excluding hydrogens is 306 g/mol. The Balaban J connectivity index is 1.64. The van der Waals surface area contributed by atoms with E-state index in [0.717, 1.165) is 11.3 Å². The van der Waals surface area contributed by atoms with Gasteiger partial charge >= 0.3 is 0 Å². The number of hydrogen-bond acceptors (Lipinski definition) is 5. The van der Waals surface area contributed by atoms with Crippen LogP contribution in [0.25, 0.3) is 0 Å². The summed E-state index contributed by atoms with van der Waals surface area (Å²) in [6.45, 7) is 0.434. The van der Waals surface area contributed by atoms with Gasteiger partial charge in [0.25, 0.3) is 5.69 Å². The molecule has 120 valence electrons. The van der Waals surface area contributed by atoms with Crippen molar-refractivity contribution in [2.75, 3.05) is 5.32 Å². The van der Waals surface area contributed by atoms with Gasteiger partial charge in [-0.1, -0.05) is 36.4 Å². The minimum Gasteiger partial charge on any atom is -0.439 e. The summed E-state index contributed by atoms with van der Waals surface area (Å²) >= 11 is 0. The third-order valence-electron chi connectivity index (χ3n) is 3.35. The SMILES string of the molecule is O=[N+]([O-])c1ccccc1NCc1ccc(Oc2ccccc2)nc1. The van der Waals surface area contributed by atoms with Gasteiger partial charge in [-0.05, 0) is 23.8 Å². The van der Waals surface area contributed by atoms with Gasteiger partial charge < -0.3 is 10.1 Å². The summed E-state index contributed by atoms with van der Waals surface area (Å²) in [6.07, 6.45) is 1.68. The fourth-order valence-corrected chi connectivity index (χ4v) is 2.16. The van der Waals surface area contributed by atoms with Crippen molar-refractivity contribution < 1.29 is 9.66 Å². The van der Waals surface area contributed by atoms with E-state index >= 15 is 0 Å². The van der Waals surface area contributed by atoms with Gasteiger partial charge in [-0.2, -0.15) is 0 Å². The number of benzene rings is 2. The molecule has 0 amide bonds. The second-order valence-electron chi connectivity index (χ2n) is 5.05. The smallest absolute Gasteiger partial charge is 0.292 e. The van der Waals surface area contributed by atoms with Crippen molar-refractivity contribution in [2.45, 2.75) is 6.54 Å². The molecule has 0 atom stereocenters. The third-order valence-corrected chi connectivity index (χ3v) is 3.35. The number of nitro groups is 1. The molecule has 3 rings (SSSR count). The van der Waals surface area contributed by atoms with Gasteiger partial charge in [0.05, 0.1) is 4.92 Å². The van der Waals surface area contributed by atoms with Crippen LogP contribution in [0.1, 0.15) is 5.56 Å². The molecule has 1 aromatic heterocycles. The molecule has 24 heavy (non-hydrogen) atoms. The molecule has 0 aliphatic rings. The monoisotopic (exact) mass is 321 g/mol. The van der Waals surface area contributed by atoms with Crippen LogP contribution in [0.5, 0.6) is 11.6 Å². The zero-order chi connectivity index (χ0) is 16.8. The molecule has 2 aromatic carbocycles. The van der Waals surface area contributed by atoms with Crippen LogP contribution in [0.4, 0.5) is 11.4 Å². The molecule has 0 spiro atoms. The third kappa shape index (κ3) is 3.86. The number of hydrogen-bond donors (Lipinski definition) is 1. The first-order chi connectivity index (χ1) is 11.7. The van der Waals surface area contributed by atoms with Gasteiger partial charge in [-0.25, -0.2) is 4.98 Å². The zero-order valence-electron chi connectivity index (χ0n) is 12.8. The quantitative estimate of drug-likeness (QED) is 0.538. The molecule has 0 aliphatic carbocycles. The molecule has 0 aliphatic heterocycles. The number of ether oxygens (including phenoxy) is 1. The van der Waals surface area contributed by atoms with Crippen molar-refractivity contribution in [1.82, 2.24) is 4.98 Å². The second kappa shape index (κ2) is 7.23. The van der Waals surface area contributed by atoms with E-state index in [4.69, 9.17) is 4.74 Å². The lowest BCUT2D eigenvalue weighted by molar-refractivity contribution is -0.384. The van der Waals surface area contributed by atoms with E-state index in [1.165, 1.54) is 6.07 Å². The molecule has 6 nitrogen and oxygen atoms in total. The number of anilines is 1. The fourth-order valence-electron chi connectivity index (χ4n) is 2.16. The van der Waals surface area contributed by atoms with Gasteiger partial charge in [0, 0.05) is 24.9 Å². The average Bonchev–Trinajstić information content (AvgIpc) is 2.62. The molecule has 0 radical (unpaired) electrons. The molecule has 6 heteroatoms. The maximum absolute atomic E-state index is 11.0. The molecule has 0 fully saturated rings. The van der Waals surface area contributed by atoms with E-state index in [2.05, 4.69) is 10.3 Å². The highest BCUT2D eigenvalue weighted by Crippen LogP contribution is 2.24. The lowest BCUT2D eigenvalue weighted by Crippen LogP contribution is -2.03. The normalized spacial score (nSPS) is 10.2. The van der Waals surface area contributed by atoms with Crippen LogP contribution in [0, 0.1) is 10.1 Å². The van der Waals surface area contributed by atoms with E-state index in [0.29, 0.717) is 18.1 Å². The Morgan fingerprint density at radius 2 is 1.75 bits per heavy atom. The number of rotatable bonds is 6. The minimum absolute atomic E-state index is 0.0505. The summed E-state index contributed by atoms with van der Waals surface area (Å²) in [5.41, 5.74) is 1.43. The van der Waals surface area contributed by atoms with E-state index in [9.17, 15) is 10.1 Å². The van der Waals surface area contributed by atoms with Crippen molar-refractivity contribution in [3.05, 3.63) is 88.6 Å². The lowest BCUT2D eigenvalue weighted by atomic mass is 10.2. The van der Waals surface area contributed by atoms with Gasteiger partial charge in [-0.15, -0.1) is 0 Å². The van der Waals surface area contributed by atoms with E-state index in [1.807, 2.05) is 36.4 Å². The molecule has 3 aromatic rings. The Kier molecular flexibility index (Phi) is 4.67. The average molecular weight is 321 g/mol. The maximum atomic E-state index is 11.0. The Bertz CT molecular complexity index is 820. The van der Waals surface area contributed by atoms with E-state index in [1.54, 1.807) is 30.5 Å². The number of nitrogens with one attached hydrogen (secondary N) is 1. The number of nitro benzene ring substituents is 1. The van der Waals surface area contributed by atoms with E-state index in [-0.39, 0.29) is 5.69 Å². The highest BCUT2D eigenvalue weighted by molar-refractivity contribution is 5.61. The molecule has 0 bridgehead atoms. The number of aromatic nitrogens is 1. The molecule has 1 heterocycles. The second-order valence-corrected chi connectivity index (χ2v) is 5.05. The Labute approximate surface area is 138 Å². The number of pyridine rings is 1. The van der Waals surface area contributed by atoms with Gasteiger partial charge in [-0.3, -0.25) is 10.1 Å². The van der Waals surface area contributed by atoms with Crippen LogP contribution in [0.15, 0.2) is 72.9 Å². The molecule has 0 unspecified atom stereocenters. The highest BCUT2D eigenvalue weighted by Gasteiger charge is 2.11. The van der Waals surface area contributed by atoms with Crippen molar-refractivity contribution >= 4 is 11.4 Å². The number of nitrogens with zero attached hydrogens (tertiary/aromatic N) is 2. The van der Waals surface area contributed by atoms with Crippen LogP contribution in [-0.4, -0.2) is 9.91 Å². The molecule has 0 saturated carbocycles. The highest BCUT2D eigenvalue weighted by atomic mass is 16.6. The zero-order valence-corrected chi connectivity index (χ0v) is 12.8. The summed E-state index contributed by atoms with van der Waals surface area (Å²) in [5, 5.41) is 14.0. The summed E-state index contributed by atoms with van der Waals surface area (Å²) in [6, 6.07) is 19.6. The van der Waals surface area contributed by atoms with Crippen LogP contribution in [0.3, 0.4) is 0 Å². The first kappa shape index (κ1) is 15.5.